The van der Waals surface area contributed by atoms with Crippen molar-refractivity contribution >= 4 is 5.97 Å². The largest absolute Gasteiger partial charge is 0.464 e. The Labute approximate surface area is 89.6 Å². The lowest BCUT2D eigenvalue weighted by atomic mass is 9.94. The van der Waals surface area contributed by atoms with Gasteiger partial charge < -0.3 is 9.84 Å². The van der Waals surface area contributed by atoms with Crippen molar-refractivity contribution in [3.8, 4) is 0 Å². The molecule has 1 N–H and O–H groups in total. The van der Waals surface area contributed by atoms with Gasteiger partial charge in [-0.2, -0.15) is 0 Å². The van der Waals surface area contributed by atoms with Gasteiger partial charge in [0, 0.05) is 0 Å². The molecule has 0 radical (unpaired) electrons. The first-order valence-electron chi connectivity index (χ1n) is 5.56. The Morgan fingerprint density at radius 1 is 1.67 bits per heavy atom. The molecule has 1 rings (SSSR count). The molecule has 15 heavy (non-hydrogen) atoms. The summed E-state index contributed by atoms with van der Waals surface area (Å²) in [6, 6.07) is 0. The Bertz CT molecular complexity index is 232. The number of rotatable bonds is 4. The number of carbonyl (C=O) groups excluding carboxylic acids is 1. The van der Waals surface area contributed by atoms with Gasteiger partial charge in [-0.25, -0.2) is 9.18 Å². The van der Waals surface area contributed by atoms with Crippen molar-refractivity contribution in [3.05, 3.63) is 0 Å². The van der Waals surface area contributed by atoms with Crippen LogP contribution in [0.5, 0.6) is 0 Å². The molecule has 0 bridgehead atoms. The van der Waals surface area contributed by atoms with Gasteiger partial charge in [0.2, 0.25) is 6.17 Å². The SMILES string of the molecule is CCOC(=O)C(F)C1(O)CCC(CC)C1. The molecular formula is C11H19FO3. The van der Waals surface area contributed by atoms with Crippen molar-refractivity contribution < 1.29 is 19.0 Å². The summed E-state index contributed by atoms with van der Waals surface area (Å²) in [4.78, 5) is 11.2. The van der Waals surface area contributed by atoms with Crippen LogP contribution in [0.3, 0.4) is 0 Å². The van der Waals surface area contributed by atoms with Gasteiger partial charge in [0.15, 0.2) is 0 Å². The second-order valence-electron chi connectivity index (χ2n) is 4.24. The molecule has 1 aliphatic rings. The second-order valence-corrected chi connectivity index (χ2v) is 4.24. The topological polar surface area (TPSA) is 46.5 Å². The summed E-state index contributed by atoms with van der Waals surface area (Å²) in [5.74, 6) is -0.612. The Morgan fingerprint density at radius 3 is 2.80 bits per heavy atom. The molecule has 0 aromatic carbocycles. The van der Waals surface area contributed by atoms with Crippen LogP contribution in [-0.4, -0.2) is 29.5 Å². The van der Waals surface area contributed by atoms with E-state index in [0.717, 1.165) is 12.8 Å². The van der Waals surface area contributed by atoms with Crippen LogP contribution in [0.25, 0.3) is 0 Å². The van der Waals surface area contributed by atoms with Crippen molar-refractivity contribution in [1.29, 1.82) is 0 Å². The number of hydrogen-bond donors (Lipinski definition) is 1. The van der Waals surface area contributed by atoms with E-state index in [1.54, 1.807) is 6.92 Å². The molecule has 3 unspecified atom stereocenters. The number of halogens is 1. The fourth-order valence-corrected chi connectivity index (χ4v) is 2.17. The van der Waals surface area contributed by atoms with Crippen LogP contribution in [0.1, 0.15) is 39.5 Å². The fraction of sp³-hybridized carbons (Fsp3) is 0.909. The fourth-order valence-electron chi connectivity index (χ4n) is 2.17. The van der Waals surface area contributed by atoms with E-state index in [4.69, 9.17) is 0 Å². The lowest BCUT2D eigenvalue weighted by molar-refractivity contribution is -0.160. The molecule has 1 aliphatic carbocycles. The van der Waals surface area contributed by atoms with E-state index in [1.165, 1.54) is 0 Å². The highest BCUT2D eigenvalue weighted by Crippen LogP contribution is 2.39. The van der Waals surface area contributed by atoms with Crippen LogP contribution < -0.4 is 0 Å². The Balaban J connectivity index is 2.58. The van der Waals surface area contributed by atoms with Gasteiger partial charge in [-0.15, -0.1) is 0 Å². The van der Waals surface area contributed by atoms with Crippen LogP contribution in [0.15, 0.2) is 0 Å². The van der Waals surface area contributed by atoms with Gasteiger partial charge in [0.05, 0.1) is 6.61 Å². The van der Waals surface area contributed by atoms with Crippen LogP contribution in [0.4, 0.5) is 4.39 Å². The molecule has 88 valence electrons. The van der Waals surface area contributed by atoms with Crippen molar-refractivity contribution in [3.63, 3.8) is 0 Å². The second kappa shape index (κ2) is 4.92. The average Bonchev–Trinajstić information content (AvgIpc) is 2.61. The molecule has 0 saturated heterocycles. The average molecular weight is 218 g/mol. The molecule has 1 fully saturated rings. The summed E-state index contributed by atoms with van der Waals surface area (Å²) in [5, 5.41) is 9.98. The minimum atomic E-state index is -1.89. The first-order chi connectivity index (χ1) is 7.03. The molecule has 0 amide bonds. The number of aliphatic hydroxyl groups is 1. The van der Waals surface area contributed by atoms with Crippen molar-refractivity contribution in [2.24, 2.45) is 5.92 Å². The van der Waals surface area contributed by atoms with Gasteiger partial charge in [-0.05, 0) is 32.1 Å². The number of carbonyl (C=O) groups is 1. The summed E-state index contributed by atoms with van der Waals surface area (Å²) in [5.41, 5.74) is -1.49. The zero-order valence-corrected chi connectivity index (χ0v) is 9.33. The molecule has 0 heterocycles. The number of ether oxygens (including phenoxy) is 1. The van der Waals surface area contributed by atoms with Crippen molar-refractivity contribution in [2.75, 3.05) is 6.61 Å². The molecular weight excluding hydrogens is 199 g/mol. The lowest BCUT2D eigenvalue weighted by Crippen LogP contribution is -2.43. The standard InChI is InChI=1S/C11H19FO3/c1-3-8-5-6-11(14,7-8)9(12)10(13)15-4-2/h8-9,14H,3-7H2,1-2H3. The van der Waals surface area contributed by atoms with Gasteiger partial charge >= 0.3 is 5.97 Å². The molecule has 0 spiro atoms. The van der Waals surface area contributed by atoms with Gasteiger partial charge in [0.25, 0.3) is 0 Å². The van der Waals surface area contributed by atoms with Crippen molar-refractivity contribution in [2.45, 2.75) is 51.3 Å². The van der Waals surface area contributed by atoms with E-state index < -0.39 is 17.7 Å². The Morgan fingerprint density at radius 2 is 2.33 bits per heavy atom. The highest BCUT2D eigenvalue weighted by atomic mass is 19.1. The van der Waals surface area contributed by atoms with Gasteiger partial charge in [-0.1, -0.05) is 13.3 Å². The molecule has 1 saturated carbocycles. The zero-order valence-electron chi connectivity index (χ0n) is 9.33. The number of alkyl halides is 1. The molecule has 3 nitrogen and oxygen atoms in total. The predicted molar refractivity (Wildman–Crippen MR) is 54.1 cm³/mol. The number of esters is 1. The van der Waals surface area contributed by atoms with Crippen LogP contribution in [0.2, 0.25) is 0 Å². The summed E-state index contributed by atoms with van der Waals surface area (Å²) in [6.45, 7) is 3.78. The number of hydrogen-bond acceptors (Lipinski definition) is 3. The third-order valence-corrected chi connectivity index (χ3v) is 3.17. The van der Waals surface area contributed by atoms with Gasteiger partial charge in [-0.3, -0.25) is 0 Å². The van der Waals surface area contributed by atoms with Crippen LogP contribution in [-0.2, 0) is 9.53 Å². The minimum absolute atomic E-state index is 0.145. The van der Waals surface area contributed by atoms with Crippen LogP contribution in [0, 0.1) is 5.92 Å². The first-order valence-corrected chi connectivity index (χ1v) is 5.56. The highest BCUT2D eigenvalue weighted by molar-refractivity contribution is 5.76. The predicted octanol–water partition coefficient (Wildman–Crippen LogP) is 1.83. The van der Waals surface area contributed by atoms with E-state index in [2.05, 4.69) is 4.74 Å². The quantitative estimate of drug-likeness (QED) is 0.732. The maximum absolute atomic E-state index is 13.7. The normalized spacial score (nSPS) is 32.7. The summed E-state index contributed by atoms with van der Waals surface area (Å²) >= 11 is 0. The third-order valence-electron chi connectivity index (χ3n) is 3.17. The maximum Gasteiger partial charge on any atom is 0.343 e. The first kappa shape index (κ1) is 12.4. The molecule has 3 atom stereocenters. The Hall–Kier alpha value is -0.640. The summed E-state index contributed by atoms with van der Waals surface area (Å²) in [7, 11) is 0. The van der Waals surface area contributed by atoms with E-state index in [0.29, 0.717) is 18.8 Å². The summed E-state index contributed by atoms with van der Waals surface area (Å²) < 4.78 is 18.2. The van der Waals surface area contributed by atoms with E-state index >= 15 is 0 Å². The maximum atomic E-state index is 13.7. The monoisotopic (exact) mass is 218 g/mol. The molecule has 0 aromatic heterocycles. The van der Waals surface area contributed by atoms with E-state index in [-0.39, 0.29) is 6.61 Å². The lowest BCUT2D eigenvalue weighted by Gasteiger charge is -2.25. The Kier molecular flexibility index (Phi) is 4.08. The highest BCUT2D eigenvalue weighted by Gasteiger charge is 2.47. The van der Waals surface area contributed by atoms with E-state index in [1.807, 2.05) is 6.92 Å². The van der Waals surface area contributed by atoms with Gasteiger partial charge in [0.1, 0.15) is 5.60 Å². The zero-order chi connectivity index (χ0) is 11.5. The van der Waals surface area contributed by atoms with E-state index in [9.17, 15) is 14.3 Å². The van der Waals surface area contributed by atoms with Crippen molar-refractivity contribution in [1.82, 2.24) is 0 Å². The molecule has 0 aromatic rings. The smallest absolute Gasteiger partial charge is 0.343 e. The minimum Gasteiger partial charge on any atom is -0.464 e. The summed E-state index contributed by atoms with van der Waals surface area (Å²) in [6.07, 6.45) is 0.522. The molecule has 4 heteroatoms. The van der Waals surface area contributed by atoms with Crippen LogP contribution >= 0.6 is 0 Å². The third kappa shape index (κ3) is 2.68. The molecule has 0 aliphatic heterocycles.